The Hall–Kier alpha value is -1.68. The highest BCUT2D eigenvalue weighted by atomic mass is 79.9. The Labute approximate surface area is 126 Å². The molecule has 2 nitrogen and oxygen atoms in total. The topological polar surface area (TPSA) is 29.1 Å². The van der Waals surface area contributed by atoms with Gasteiger partial charge in [0.1, 0.15) is 5.82 Å². The molecule has 2 aromatic rings. The van der Waals surface area contributed by atoms with E-state index < -0.39 is 5.82 Å². The molecule has 0 heterocycles. The number of nitrogens with one attached hydrogen (secondary N) is 1. The second kappa shape index (κ2) is 6.66. The fourth-order valence-corrected chi connectivity index (χ4v) is 2.30. The summed E-state index contributed by atoms with van der Waals surface area (Å²) in [5.41, 5.74) is 1.30. The number of hydrogen-bond acceptors (Lipinski definition) is 1. The molecule has 0 bridgehead atoms. The monoisotopic (exact) mass is 335 g/mol. The molecule has 0 radical (unpaired) electrons. The number of benzene rings is 2. The lowest BCUT2D eigenvalue weighted by molar-refractivity contribution is -0.116. The molecular formula is C16H15BrFNO. The van der Waals surface area contributed by atoms with Gasteiger partial charge in [-0.25, -0.2) is 4.39 Å². The second-order valence-electron chi connectivity index (χ2n) is 4.69. The predicted molar refractivity (Wildman–Crippen MR) is 82.2 cm³/mol. The molecule has 20 heavy (non-hydrogen) atoms. The zero-order valence-corrected chi connectivity index (χ0v) is 12.7. The van der Waals surface area contributed by atoms with Crippen LogP contribution >= 0.6 is 15.9 Å². The van der Waals surface area contributed by atoms with E-state index in [0.29, 0.717) is 10.9 Å². The lowest BCUT2D eigenvalue weighted by Gasteiger charge is -2.12. The number of carbonyl (C=O) groups excluding carboxylic acids is 1. The van der Waals surface area contributed by atoms with Crippen molar-refractivity contribution in [3.63, 3.8) is 0 Å². The standard InChI is InChI=1S/C16H15BrFNO/c1-11(12-5-3-2-4-6-12)9-16(20)19-15-8-7-13(17)10-14(15)18/h2-8,10-11H,9H2,1H3,(H,19,20)/t11-/m1/s1. The maximum absolute atomic E-state index is 13.6. The highest BCUT2D eigenvalue weighted by Gasteiger charge is 2.12. The zero-order valence-electron chi connectivity index (χ0n) is 11.1. The van der Waals surface area contributed by atoms with Gasteiger partial charge in [-0.15, -0.1) is 0 Å². The van der Waals surface area contributed by atoms with E-state index in [0.717, 1.165) is 5.56 Å². The summed E-state index contributed by atoms with van der Waals surface area (Å²) in [6, 6.07) is 14.4. The van der Waals surface area contributed by atoms with Gasteiger partial charge in [-0.2, -0.15) is 0 Å². The quantitative estimate of drug-likeness (QED) is 0.860. The van der Waals surface area contributed by atoms with Crippen LogP contribution in [0.5, 0.6) is 0 Å². The van der Waals surface area contributed by atoms with Crippen LogP contribution in [0.15, 0.2) is 53.0 Å². The van der Waals surface area contributed by atoms with Crippen molar-refractivity contribution in [3.05, 3.63) is 64.4 Å². The maximum atomic E-state index is 13.6. The molecule has 2 aromatic carbocycles. The summed E-state index contributed by atoms with van der Waals surface area (Å²) in [5, 5.41) is 2.60. The zero-order chi connectivity index (χ0) is 14.5. The molecule has 0 saturated heterocycles. The van der Waals surface area contributed by atoms with Crippen LogP contribution in [0.25, 0.3) is 0 Å². The fourth-order valence-electron chi connectivity index (χ4n) is 1.97. The first-order valence-electron chi connectivity index (χ1n) is 6.36. The van der Waals surface area contributed by atoms with E-state index in [1.807, 2.05) is 37.3 Å². The molecule has 0 saturated carbocycles. The molecule has 0 aliphatic heterocycles. The van der Waals surface area contributed by atoms with Crippen LogP contribution in [0.2, 0.25) is 0 Å². The summed E-state index contributed by atoms with van der Waals surface area (Å²) >= 11 is 3.18. The Morgan fingerprint density at radius 3 is 2.60 bits per heavy atom. The highest BCUT2D eigenvalue weighted by Crippen LogP contribution is 2.22. The third kappa shape index (κ3) is 3.90. The van der Waals surface area contributed by atoms with Crippen molar-refractivity contribution in [1.29, 1.82) is 0 Å². The molecule has 0 fully saturated rings. The molecule has 1 amide bonds. The Morgan fingerprint density at radius 1 is 1.25 bits per heavy atom. The average molecular weight is 336 g/mol. The number of halogens is 2. The molecule has 0 spiro atoms. The lowest BCUT2D eigenvalue weighted by atomic mass is 9.97. The number of hydrogen-bond donors (Lipinski definition) is 1. The van der Waals surface area contributed by atoms with Crippen molar-refractivity contribution in [1.82, 2.24) is 0 Å². The smallest absolute Gasteiger partial charge is 0.225 e. The number of carbonyl (C=O) groups is 1. The minimum Gasteiger partial charge on any atom is -0.324 e. The van der Waals surface area contributed by atoms with Gasteiger partial charge in [0.25, 0.3) is 0 Å². The van der Waals surface area contributed by atoms with E-state index in [9.17, 15) is 9.18 Å². The SMILES string of the molecule is C[C@H](CC(=O)Nc1ccc(Br)cc1F)c1ccccc1. The first kappa shape index (κ1) is 14.7. The van der Waals surface area contributed by atoms with E-state index in [1.54, 1.807) is 12.1 Å². The summed E-state index contributed by atoms with van der Waals surface area (Å²) in [6.45, 7) is 1.98. The van der Waals surface area contributed by atoms with Crippen molar-refractivity contribution in [2.45, 2.75) is 19.3 Å². The summed E-state index contributed by atoms with van der Waals surface area (Å²) in [7, 11) is 0. The maximum Gasteiger partial charge on any atom is 0.225 e. The van der Waals surface area contributed by atoms with Crippen molar-refractivity contribution in [3.8, 4) is 0 Å². The molecule has 0 unspecified atom stereocenters. The van der Waals surface area contributed by atoms with Crippen LogP contribution in [0, 0.1) is 5.82 Å². The summed E-state index contributed by atoms with van der Waals surface area (Å²) < 4.78 is 14.3. The first-order valence-corrected chi connectivity index (χ1v) is 7.15. The van der Waals surface area contributed by atoms with Gasteiger partial charge in [0.05, 0.1) is 5.69 Å². The van der Waals surface area contributed by atoms with E-state index in [2.05, 4.69) is 21.2 Å². The Morgan fingerprint density at radius 2 is 1.95 bits per heavy atom. The fraction of sp³-hybridized carbons (Fsp3) is 0.188. The van der Waals surface area contributed by atoms with Gasteiger partial charge >= 0.3 is 0 Å². The van der Waals surface area contributed by atoms with Gasteiger partial charge < -0.3 is 5.32 Å². The van der Waals surface area contributed by atoms with Crippen molar-refractivity contribution in [2.24, 2.45) is 0 Å². The van der Waals surface area contributed by atoms with Gasteiger partial charge in [-0.1, -0.05) is 53.2 Å². The molecule has 1 atom stereocenters. The van der Waals surface area contributed by atoms with Gasteiger partial charge in [0, 0.05) is 10.9 Å². The van der Waals surface area contributed by atoms with Crippen molar-refractivity contribution in [2.75, 3.05) is 5.32 Å². The van der Waals surface area contributed by atoms with Gasteiger partial charge in [-0.3, -0.25) is 4.79 Å². The third-order valence-electron chi connectivity index (χ3n) is 3.07. The molecule has 0 aliphatic carbocycles. The minimum absolute atomic E-state index is 0.0923. The highest BCUT2D eigenvalue weighted by molar-refractivity contribution is 9.10. The molecule has 0 aliphatic rings. The first-order chi connectivity index (χ1) is 9.56. The molecule has 2 rings (SSSR count). The molecule has 104 valence electrons. The van der Waals surface area contributed by atoms with Crippen molar-refractivity contribution >= 4 is 27.5 Å². The Kier molecular flexibility index (Phi) is 4.90. The normalized spacial score (nSPS) is 11.9. The average Bonchev–Trinajstić information content (AvgIpc) is 2.43. The Balaban J connectivity index is 1.99. The van der Waals surface area contributed by atoms with E-state index in [1.165, 1.54) is 6.07 Å². The van der Waals surface area contributed by atoms with Crippen LogP contribution < -0.4 is 5.32 Å². The lowest BCUT2D eigenvalue weighted by Crippen LogP contribution is -2.15. The van der Waals surface area contributed by atoms with Gasteiger partial charge in [-0.05, 0) is 29.7 Å². The van der Waals surface area contributed by atoms with Crippen LogP contribution in [-0.2, 0) is 4.79 Å². The summed E-state index contributed by atoms with van der Waals surface area (Å²) in [6.07, 6.45) is 0.319. The largest absolute Gasteiger partial charge is 0.324 e. The molecule has 4 heteroatoms. The molecule has 0 aromatic heterocycles. The van der Waals surface area contributed by atoms with Crippen LogP contribution in [-0.4, -0.2) is 5.91 Å². The number of amides is 1. The molecular weight excluding hydrogens is 321 g/mol. The van der Waals surface area contributed by atoms with E-state index in [4.69, 9.17) is 0 Å². The summed E-state index contributed by atoms with van der Waals surface area (Å²) in [4.78, 5) is 11.9. The van der Waals surface area contributed by atoms with Gasteiger partial charge in [0.2, 0.25) is 5.91 Å². The van der Waals surface area contributed by atoms with Crippen molar-refractivity contribution < 1.29 is 9.18 Å². The number of rotatable bonds is 4. The molecule has 1 N–H and O–H groups in total. The van der Waals surface area contributed by atoms with Crippen LogP contribution in [0.4, 0.5) is 10.1 Å². The number of anilines is 1. The minimum atomic E-state index is -0.444. The third-order valence-corrected chi connectivity index (χ3v) is 3.56. The van der Waals surface area contributed by atoms with Crippen LogP contribution in [0.1, 0.15) is 24.8 Å². The van der Waals surface area contributed by atoms with E-state index >= 15 is 0 Å². The van der Waals surface area contributed by atoms with Gasteiger partial charge in [0.15, 0.2) is 0 Å². The predicted octanol–water partition coefficient (Wildman–Crippen LogP) is 4.72. The second-order valence-corrected chi connectivity index (χ2v) is 5.60. The summed E-state index contributed by atoms with van der Waals surface area (Å²) in [5.74, 6) is -0.544. The van der Waals surface area contributed by atoms with E-state index in [-0.39, 0.29) is 17.5 Å². The van der Waals surface area contributed by atoms with Crippen LogP contribution in [0.3, 0.4) is 0 Å². The Bertz CT molecular complexity index is 601.